The van der Waals surface area contributed by atoms with Crippen molar-refractivity contribution in [2.45, 2.75) is 13.3 Å². The second-order valence-electron chi connectivity index (χ2n) is 6.04. The largest absolute Gasteiger partial charge is 0.508 e. The molecule has 0 radical (unpaired) electrons. The molecule has 2 aromatic heterocycles. The Morgan fingerprint density at radius 3 is 2.81 bits per heavy atom. The molecule has 8 heteroatoms. The van der Waals surface area contributed by atoms with Crippen molar-refractivity contribution in [1.29, 1.82) is 0 Å². The predicted octanol–water partition coefficient (Wildman–Crippen LogP) is 3.30. The number of para-hydroxylation sites is 1. The highest BCUT2D eigenvalue weighted by molar-refractivity contribution is 7.22. The molecule has 0 aliphatic carbocycles. The van der Waals surface area contributed by atoms with Crippen LogP contribution in [0.1, 0.15) is 11.1 Å². The normalized spacial score (nSPS) is 11.1. The lowest BCUT2D eigenvalue weighted by molar-refractivity contribution is -0.115. The van der Waals surface area contributed by atoms with E-state index in [2.05, 4.69) is 10.3 Å². The molecule has 0 spiro atoms. The molecule has 136 valence electrons. The van der Waals surface area contributed by atoms with Gasteiger partial charge >= 0.3 is 5.63 Å². The smallest absolute Gasteiger partial charge is 0.340 e. The number of aromatic hydroxyl groups is 2. The van der Waals surface area contributed by atoms with Gasteiger partial charge in [0.1, 0.15) is 17.1 Å². The number of amides is 1. The maximum absolute atomic E-state index is 12.4. The summed E-state index contributed by atoms with van der Waals surface area (Å²) in [4.78, 5) is 29.0. The lowest BCUT2D eigenvalue weighted by Crippen LogP contribution is -2.20. The first-order chi connectivity index (χ1) is 12.9. The van der Waals surface area contributed by atoms with Crippen LogP contribution >= 0.6 is 11.3 Å². The summed E-state index contributed by atoms with van der Waals surface area (Å²) in [5, 5.41) is 23.0. The molecule has 7 nitrogen and oxygen atoms in total. The molecule has 2 heterocycles. The van der Waals surface area contributed by atoms with E-state index in [0.717, 1.165) is 16.3 Å². The van der Waals surface area contributed by atoms with Crippen molar-refractivity contribution in [3.8, 4) is 11.5 Å². The maximum atomic E-state index is 12.4. The van der Waals surface area contributed by atoms with Crippen molar-refractivity contribution in [2.75, 3.05) is 5.32 Å². The second kappa shape index (κ2) is 6.40. The van der Waals surface area contributed by atoms with Gasteiger partial charge < -0.3 is 19.9 Å². The Morgan fingerprint density at radius 2 is 2.04 bits per heavy atom. The van der Waals surface area contributed by atoms with Gasteiger partial charge in [-0.1, -0.05) is 23.5 Å². The van der Waals surface area contributed by atoms with Crippen LogP contribution in [0, 0.1) is 6.92 Å². The Bertz CT molecular complexity index is 1230. The van der Waals surface area contributed by atoms with Crippen LogP contribution in [-0.2, 0) is 11.2 Å². The van der Waals surface area contributed by atoms with Crippen LogP contribution in [0.25, 0.3) is 21.2 Å². The van der Waals surface area contributed by atoms with Crippen molar-refractivity contribution in [3.05, 3.63) is 57.9 Å². The van der Waals surface area contributed by atoms with E-state index in [-0.39, 0.29) is 34.5 Å². The number of thiazole rings is 1. The molecule has 4 aromatic rings. The summed E-state index contributed by atoms with van der Waals surface area (Å²) >= 11 is 1.34. The highest BCUT2D eigenvalue weighted by Crippen LogP contribution is 2.32. The number of carbonyl (C=O) groups excluding carboxylic acids is 1. The van der Waals surface area contributed by atoms with Crippen LogP contribution in [0.4, 0.5) is 5.13 Å². The zero-order chi connectivity index (χ0) is 19.1. The maximum Gasteiger partial charge on any atom is 0.340 e. The minimum atomic E-state index is -0.690. The summed E-state index contributed by atoms with van der Waals surface area (Å²) in [7, 11) is 0. The Hall–Kier alpha value is -3.39. The van der Waals surface area contributed by atoms with Crippen molar-refractivity contribution < 1.29 is 19.4 Å². The molecule has 0 unspecified atom stereocenters. The summed E-state index contributed by atoms with van der Waals surface area (Å²) in [5.74, 6) is -0.856. The standard InChI is InChI=1S/C19H14N2O5S/c1-9-11(18(25)26-14-7-10(22)6-13(23)17(9)14)8-16(24)21-19-20-12-4-2-3-5-15(12)27-19/h2-7,22-23H,8H2,1H3,(H,20,21,24). The third kappa shape index (κ3) is 3.11. The van der Waals surface area contributed by atoms with Crippen molar-refractivity contribution >= 4 is 43.6 Å². The fourth-order valence-corrected chi connectivity index (χ4v) is 3.85. The van der Waals surface area contributed by atoms with Crippen molar-refractivity contribution in [2.24, 2.45) is 0 Å². The molecular formula is C19H14N2O5S. The number of hydrogen-bond acceptors (Lipinski definition) is 7. The SMILES string of the molecule is Cc1c(CC(=O)Nc2nc3ccccc3s2)c(=O)oc2cc(O)cc(O)c12. The number of phenols is 2. The number of benzene rings is 2. The van der Waals surface area contributed by atoms with E-state index >= 15 is 0 Å². The van der Waals surface area contributed by atoms with Crippen LogP contribution < -0.4 is 10.9 Å². The Morgan fingerprint density at radius 1 is 1.26 bits per heavy atom. The van der Waals surface area contributed by atoms with Gasteiger partial charge in [0, 0.05) is 12.1 Å². The number of aromatic nitrogens is 1. The molecule has 2 aromatic carbocycles. The number of aryl methyl sites for hydroxylation is 1. The number of rotatable bonds is 3. The average Bonchev–Trinajstić information content (AvgIpc) is 2.99. The van der Waals surface area contributed by atoms with E-state index in [4.69, 9.17) is 4.42 Å². The summed E-state index contributed by atoms with van der Waals surface area (Å²) in [6.07, 6.45) is -0.222. The molecule has 4 rings (SSSR count). The highest BCUT2D eigenvalue weighted by atomic mass is 32.1. The molecule has 1 amide bonds. The fraction of sp³-hybridized carbons (Fsp3) is 0.105. The van der Waals surface area contributed by atoms with Gasteiger partial charge in [-0.25, -0.2) is 9.78 Å². The monoisotopic (exact) mass is 382 g/mol. The quantitative estimate of drug-likeness (QED) is 0.469. The second-order valence-corrected chi connectivity index (χ2v) is 7.07. The first kappa shape index (κ1) is 17.0. The van der Waals surface area contributed by atoms with Crippen LogP contribution in [0.3, 0.4) is 0 Å². The molecule has 0 bridgehead atoms. The summed E-state index contributed by atoms with van der Waals surface area (Å²) in [6, 6.07) is 9.90. The molecule has 0 aliphatic heterocycles. The fourth-order valence-electron chi connectivity index (χ4n) is 2.96. The Labute approximate surface area is 156 Å². The lowest BCUT2D eigenvalue weighted by Gasteiger charge is -2.09. The lowest BCUT2D eigenvalue weighted by atomic mass is 10.0. The topological polar surface area (TPSA) is 113 Å². The third-order valence-corrected chi connectivity index (χ3v) is 5.17. The van der Waals surface area contributed by atoms with Gasteiger partial charge in [0.15, 0.2) is 5.13 Å². The van der Waals surface area contributed by atoms with Gasteiger partial charge in [0.25, 0.3) is 0 Å². The average molecular weight is 382 g/mol. The first-order valence-electron chi connectivity index (χ1n) is 8.06. The predicted molar refractivity (Wildman–Crippen MR) is 103 cm³/mol. The van der Waals surface area contributed by atoms with E-state index in [1.807, 2.05) is 24.3 Å². The van der Waals surface area contributed by atoms with Crippen LogP contribution in [0.15, 0.2) is 45.6 Å². The van der Waals surface area contributed by atoms with E-state index < -0.39 is 11.5 Å². The molecule has 0 saturated heterocycles. The number of nitrogens with one attached hydrogen (secondary N) is 1. The molecule has 0 fully saturated rings. The summed E-state index contributed by atoms with van der Waals surface area (Å²) in [6.45, 7) is 1.62. The molecule has 27 heavy (non-hydrogen) atoms. The van der Waals surface area contributed by atoms with Crippen LogP contribution in [-0.4, -0.2) is 21.1 Å². The van der Waals surface area contributed by atoms with E-state index in [9.17, 15) is 19.8 Å². The summed E-state index contributed by atoms with van der Waals surface area (Å²) in [5.41, 5.74) is 0.721. The van der Waals surface area contributed by atoms with Gasteiger partial charge in [0.2, 0.25) is 5.91 Å². The number of carbonyl (C=O) groups is 1. The molecule has 0 saturated carbocycles. The van der Waals surface area contributed by atoms with Crippen molar-refractivity contribution in [3.63, 3.8) is 0 Å². The van der Waals surface area contributed by atoms with E-state index in [0.29, 0.717) is 10.7 Å². The third-order valence-electron chi connectivity index (χ3n) is 4.22. The number of nitrogens with zero attached hydrogens (tertiary/aromatic N) is 1. The van der Waals surface area contributed by atoms with E-state index in [1.54, 1.807) is 6.92 Å². The Kier molecular flexibility index (Phi) is 4.04. The van der Waals surface area contributed by atoms with Gasteiger partial charge in [-0.15, -0.1) is 0 Å². The zero-order valence-electron chi connectivity index (χ0n) is 14.1. The molecular weight excluding hydrogens is 368 g/mol. The van der Waals surface area contributed by atoms with Gasteiger partial charge in [-0.3, -0.25) is 4.79 Å². The van der Waals surface area contributed by atoms with Crippen molar-refractivity contribution in [1.82, 2.24) is 4.98 Å². The number of fused-ring (bicyclic) bond motifs is 2. The number of anilines is 1. The van der Waals surface area contributed by atoms with Crippen LogP contribution in [0.5, 0.6) is 11.5 Å². The van der Waals surface area contributed by atoms with Gasteiger partial charge in [0.05, 0.1) is 27.6 Å². The van der Waals surface area contributed by atoms with Gasteiger partial charge in [-0.05, 0) is 24.6 Å². The van der Waals surface area contributed by atoms with Gasteiger partial charge in [-0.2, -0.15) is 0 Å². The minimum absolute atomic E-state index is 0.0605. The van der Waals surface area contributed by atoms with E-state index in [1.165, 1.54) is 17.4 Å². The summed E-state index contributed by atoms with van der Waals surface area (Å²) < 4.78 is 6.11. The van der Waals surface area contributed by atoms with Crippen LogP contribution in [0.2, 0.25) is 0 Å². The number of hydrogen-bond donors (Lipinski definition) is 3. The highest BCUT2D eigenvalue weighted by Gasteiger charge is 2.18. The minimum Gasteiger partial charge on any atom is -0.508 e. The zero-order valence-corrected chi connectivity index (χ0v) is 15.0. The molecule has 3 N–H and O–H groups in total. The first-order valence-corrected chi connectivity index (χ1v) is 8.87. The molecule has 0 atom stereocenters. The Balaban J connectivity index is 1.66. The number of phenolic OH excluding ortho intramolecular Hbond substituents is 2. The molecule has 0 aliphatic rings.